The fourth-order valence-electron chi connectivity index (χ4n) is 1.74. The number of anilines is 1. The van der Waals surface area contributed by atoms with Gasteiger partial charge in [0.05, 0.1) is 24.8 Å². The van der Waals surface area contributed by atoms with Gasteiger partial charge in [-0.1, -0.05) is 12.1 Å². The molecule has 108 valence electrons. The van der Waals surface area contributed by atoms with Crippen LogP contribution in [0.3, 0.4) is 0 Å². The molecule has 1 heterocycles. The third-order valence-electron chi connectivity index (χ3n) is 2.61. The van der Waals surface area contributed by atoms with Crippen LogP contribution >= 0.6 is 12.2 Å². The standard InChI is InChI=1S/C13H17N3O3S/c1-2-18-11-6-4-3-5-10(11)14-8-9(17)7-12-15-16-13(20)19-12/h3-6,9,14,17H,2,7-8H2,1H3,(H,16,20). The molecule has 0 aliphatic rings. The van der Waals surface area contributed by atoms with E-state index in [2.05, 4.69) is 15.5 Å². The van der Waals surface area contributed by atoms with Gasteiger partial charge in [-0.25, -0.2) is 5.10 Å². The number of aromatic amines is 1. The van der Waals surface area contributed by atoms with Crippen molar-refractivity contribution in [3.05, 3.63) is 35.0 Å². The summed E-state index contributed by atoms with van der Waals surface area (Å²) in [6.07, 6.45) is -0.345. The molecule has 0 aliphatic carbocycles. The summed E-state index contributed by atoms with van der Waals surface area (Å²) in [7, 11) is 0. The lowest BCUT2D eigenvalue weighted by molar-refractivity contribution is 0.178. The van der Waals surface area contributed by atoms with E-state index in [1.165, 1.54) is 0 Å². The molecule has 0 spiro atoms. The Morgan fingerprint density at radius 2 is 2.30 bits per heavy atom. The number of ether oxygens (including phenoxy) is 1. The van der Waals surface area contributed by atoms with Gasteiger partial charge in [0.15, 0.2) is 0 Å². The van der Waals surface area contributed by atoms with Crippen molar-refractivity contribution in [3.8, 4) is 5.75 Å². The molecule has 7 heteroatoms. The van der Waals surface area contributed by atoms with Gasteiger partial charge in [0.2, 0.25) is 5.89 Å². The van der Waals surface area contributed by atoms with E-state index in [1.807, 2.05) is 31.2 Å². The van der Waals surface area contributed by atoms with Gasteiger partial charge in [-0.05, 0) is 31.3 Å². The molecule has 2 aromatic rings. The van der Waals surface area contributed by atoms with Gasteiger partial charge in [-0.15, -0.1) is 5.10 Å². The molecular formula is C13H17N3O3S. The largest absolute Gasteiger partial charge is 0.492 e. The number of aliphatic hydroxyl groups excluding tert-OH is 1. The van der Waals surface area contributed by atoms with Crippen molar-refractivity contribution in [1.29, 1.82) is 0 Å². The van der Waals surface area contributed by atoms with Crippen LogP contribution in [0.25, 0.3) is 0 Å². The highest BCUT2D eigenvalue weighted by Gasteiger charge is 2.11. The van der Waals surface area contributed by atoms with Crippen LogP contribution in [0.1, 0.15) is 12.8 Å². The number of benzene rings is 1. The Morgan fingerprint density at radius 3 is 3.00 bits per heavy atom. The summed E-state index contributed by atoms with van der Waals surface area (Å²) in [5.74, 6) is 1.15. The average Bonchev–Trinajstić information content (AvgIpc) is 2.83. The summed E-state index contributed by atoms with van der Waals surface area (Å²) in [6, 6.07) is 7.59. The van der Waals surface area contributed by atoms with Crippen molar-refractivity contribution in [2.45, 2.75) is 19.4 Å². The lowest BCUT2D eigenvalue weighted by Gasteiger charge is -2.14. The van der Waals surface area contributed by atoms with Crippen LogP contribution < -0.4 is 10.1 Å². The summed E-state index contributed by atoms with van der Waals surface area (Å²) in [6.45, 7) is 2.88. The minimum absolute atomic E-state index is 0.210. The molecule has 1 unspecified atom stereocenters. The smallest absolute Gasteiger partial charge is 0.284 e. The molecule has 20 heavy (non-hydrogen) atoms. The highest BCUT2D eigenvalue weighted by molar-refractivity contribution is 7.71. The van der Waals surface area contributed by atoms with E-state index in [0.29, 0.717) is 19.0 Å². The van der Waals surface area contributed by atoms with Crippen molar-refractivity contribution >= 4 is 17.9 Å². The Morgan fingerprint density at radius 1 is 1.50 bits per heavy atom. The summed E-state index contributed by atoms with van der Waals surface area (Å²) in [5.41, 5.74) is 0.844. The predicted molar refractivity (Wildman–Crippen MR) is 77.5 cm³/mol. The van der Waals surface area contributed by atoms with Gasteiger partial charge in [-0.2, -0.15) is 0 Å². The summed E-state index contributed by atoms with van der Waals surface area (Å²) < 4.78 is 10.6. The number of hydrogen-bond acceptors (Lipinski definition) is 6. The van der Waals surface area contributed by atoms with Crippen molar-refractivity contribution in [2.24, 2.45) is 0 Å². The van der Waals surface area contributed by atoms with E-state index in [9.17, 15) is 5.11 Å². The minimum Gasteiger partial charge on any atom is -0.492 e. The Labute approximate surface area is 121 Å². The summed E-state index contributed by atoms with van der Waals surface area (Å²) in [4.78, 5) is 0.210. The van der Waals surface area contributed by atoms with Gasteiger partial charge < -0.3 is 19.6 Å². The predicted octanol–water partition coefficient (Wildman–Crippen LogP) is 2.15. The second kappa shape index (κ2) is 7.06. The third kappa shape index (κ3) is 4.07. The molecule has 2 rings (SSSR count). The first-order valence-corrected chi connectivity index (χ1v) is 6.78. The molecule has 0 fully saturated rings. The second-order valence-corrected chi connectivity index (χ2v) is 4.55. The number of nitrogens with one attached hydrogen (secondary N) is 2. The molecule has 0 saturated heterocycles. The van der Waals surface area contributed by atoms with E-state index in [4.69, 9.17) is 21.4 Å². The Kier molecular flexibility index (Phi) is 5.14. The van der Waals surface area contributed by atoms with Gasteiger partial charge in [0.25, 0.3) is 4.84 Å². The zero-order chi connectivity index (χ0) is 14.4. The van der Waals surface area contributed by atoms with Crippen LogP contribution in [0.5, 0.6) is 5.75 Å². The van der Waals surface area contributed by atoms with Gasteiger partial charge in [-0.3, -0.25) is 0 Å². The molecular weight excluding hydrogens is 278 g/mol. The SMILES string of the molecule is CCOc1ccccc1NCC(O)Cc1n[nH]c(=S)o1. The summed E-state index contributed by atoms with van der Waals surface area (Å²) >= 11 is 4.77. The zero-order valence-corrected chi connectivity index (χ0v) is 11.9. The van der Waals surface area contributed by atoms with Crippen molar-refractivity contribution in [1.82, 2.24) is 10.2 Å². The molecule has 1 aromatic heterocycles. The maximum atomic E-state index is 9.94. The number of rotatable bonds is 7. The quantitative estimate of drug-likeness (QED) is 0.679. The minimum atomic E-state index is -0.633. The molecule has 0 aliphatic heterocycles. The molecule has 0 bridgehead atoms. The van der Waals surface area contributed by atoms with Crippen LogP contribution in [0.4, 0.5) is 5.69 Å². The lowest BCUT2D eigenvalue weighted by atomic mass is 10.2. The normalized spacial score (nSPS) is 12.1. The maximum absolute atomic E-state index is 9.94. The van der Waals surface area contributed by atoms with Crippen molar-refractivity contribution in [2.75, 3.05) is 18.5 Å². The number of hydrogen-bond donors (Lipinski definition) is 3. The highest BCUT2D eigenvalue weighted by atomic mass is 32.1. The Bertz CT molecular complexity index is 596. The van der Waals surface area contributed by atoms with Gasteiger partial charge in [0, 0.05) is 6.54 Å². The zero-order valence-electron chi connectivity index (χ0n) is 11.1. The monoisotopic (exact) mass is 295 g/mol. The van der Waals surface area contributed by atoms with Crippen LogP contribution in [0.15, 0.2) is 28.7 Å². The van der Waals surface area contributed by atoms with E-state index in [-0.39, 0.29) is 11.3 Å². The average molecular weight is 295 g/mol. The number of para-hydroxylation sites is 2. The number of nitrogens with zero attached hydrogens (tertiary/aromatic N) is 1. The molecule has 1 aromatic carbocycles. The molecule has 0 saturated carbocycles. The first kappa shape index (κ1) is 14.5. The van der Waals surface area contributed by atoms with Gasteiger partial charge in [0.1, 0.15) is 5.75 Å². The highest BCUT2D eigenvalue weighted by Crippen LogP contribution is 2.23. The van der Waals surface area contributed by atoms with E-state index >= 15 is 0 Å². The van der Waals surface area contributed by atoms with Crippen LogP contribution in [0.2, 0.25) is 0 Å². The van der Waals surface area contributed by atoms with Crippen molar-refractivity contribution in [3.63, 3.8) is 0 Å². The van der Waals surface area contributed by atoms with E-state index in [0.717, 1.165) is 11.4 Å². The molecule has 3 N–H and O–H groups in total. The van der Waals surface area contributed by atoms with E-state index < -0.39 is 6.10 Å². The maximum Gasteiger partial charge on any atom is 0.284 e. The first-order chi connectivity index (χ1) is 9.69. The molecule has 6 nitrogen and oxygen atoms in total. The first-order valence-electron chi connectivity index (χ1n) is 6.37. The van der Waals surface area contributed by atoms with Crippen LogP contribution in [-0.4, -0.2) is 34.6 Å². The molecule has 0 amide bonds. The lowest BCUT2D eigenvalue weighted by Crippen LogP contribution is -2.22. The van der Waals surface area contributed by atoms with E-state index in [1.54, 1.807) is 0 Å². The Balaban J connectivity index is 1.89. The fraction of sp³-hybridized carbons (Fsp3) is 0.385. The Hall–Kier alpha value is -1.86. The number of H-pyrrole nitrogens is 1. The van der Waals surface area contributed by atoms with Crippen LogP contribution in [0, 0.1) is 4.84 Å². The second-order valence-electron chi connectivity index (χ2n) is 4.17. The van der Waals surface area contributed by atoms with Gasteiger partial charge >= 0.3 is 0 Å². The fourth-order valence-corrected chi connectivity index (χ4v) is 1.89. The molecule has 1 atom stereocenters. The molecule has 0 radical (unpaired) electrons. The topological polar surface area (TPSA) is 83.3 Å². The van der Waals surface area contributed by atoms with Crippen LogP contribution in [-0.2, 0) is 6.42 Å². The number of aromatic nitrogens is 2. The van der Waals surface area contributed by atoms with Crippen molar-refractivity contribution < 1.29 is 14.3 Å². The summed E-state index contributed by atoms with van der Waals surface area (Å²) in [5, 5.41) is 19.5. The number of aliphatic hydroxyl groups is 1. The third-order valence-corrected chi connectivity index (χ3v) is 2.78.